The second kappa shape index (κ2) is 6.06. The lowest BCUT2D eigenvalue weighted by atomic mass is 10.1. The Balaban J connectivity index is 1.92. The van der Waals surface area contributed by atoms with Crippen molar-refractivity contribution in [3.63, 3.8) is 0 Å². The average Bonchev–Trinajstić information content (AvgIpc) is 2.87. The first-order chi connectivity index (χ1) is 9.19. The van der Waals surface area contributed by atoms with Gasteiger partial charge in [0.1, 0.15) is 18.1 Å². The molecule has 0 fully saturated rings. The van der Waals surface area contributed by atoms with Gasteiger partial charge in [0.15, 0.2) is 0 Å². The third-order valence-electron chi connectivity index (χ3n) is 2.61. The van der Waals surface area contributed by atoms with Crippen molar-refractivity contribution in [1.82, 2.24) is 0 Å². The number of rotatable bonds is 6. The topological polar surface area (TPSA) is 85.7 Å². The van der Waals surface area contributed by atoms with Crippen LogP contribution in [-0.4, -0.2) is 17.6 Å². The highest BCUT2D eigenvalue weighted by Crippen LogP contribution is 2.15. The maximum Gasteiger partial charge on any atom is 0.371 e. The van der Waals surface area contributed by atoms with Crippen LogP contribution in [0, 0.1) is 0 Å². The Hall–Kier alpha value is -2.27. The van der Waals surface area contributed by atoms with Gasteiger partial charge in [0.2, 0.25) is 5.76 Å². The molecule has 1 heterocycles. The molecule has 2 aromatic rings. The van der Waals surface area contributed by atoms with Gasteiger partial charge < -0.3 is 20.0 Å². The number of carboxylic acid groups (broad SMARTS) is 1. The maximum absolute atomic E-state index is 10.6. The molecule has 0 bridgehead atoms. The number of benzene rings is 1. The Labute approximate surface area is 110 Å². The van der Waals surface area contributed by atoms with Crippen molar-refractivity contribution in [2.75, 3.05) is 6.54 Å². The van der Waals surface area contributed by atoms with Gasteiger partial charge in [0, 0.05) is 0 Å². The van der Waals surface area contributed by atoms with E-state index in [0.29, 0.717) is 18.1 Å². The molecule has 0 atom stereocenters. The van der Waals surface area contributed by atoms with Gasteiger partial charge in [-0.15, -0.1) is 0 Å². The van der Waals surface area contributed by atoms with Gasteiger partial charge in [0.25, 0.3) is 0 Å². The van der Waals surface area contributed by atoms with Gasteiger partial charge >= 0.3 is 5.97 Å². The summed E-state index contributed by atoms with van der Waals surface area (Å²) in [4.78, 5) is 10.6. The molecule has 19 heavy (non-hydrogen) atoms. The third-order valence-corrected chi connectivity index (χ3v) is 2.61. The molecule has 5 nitrogen and oxygen atoms in total. The van der Waals surface area contributed by atoms with E-state index in [-0.39, 0.29) is 12.4 Å². The van der Waals surface area contributed by atoms with Crippen LogP contribution in [0.3, 0.4) is 0 Å². The summed E-state index contributed by atoms with van der Waals surface area (Å²) in [6.07, 6.45) is 0.834. The quantitative estimate of drug-likeness (QED) is 0.831. The van der Waals surface area contributed by atoms with E-state index in [2.05, 4.69) is 0 Å². The summed E-state index contributed by atoms with van der Waals surface area (Å²) < 4.78 is 10.6. The molecule has 0 aliphatic rings. The smallest absolute Gasteiger partial charge is 0.371 e. The normalized spacial score (nSPS) is 10.4. The van der Waals surface area contributed by atoms with Crippen LogP contribution in [0.15, 0.2) is 40.8 Å². The standard InChI is InChI=1S/C14H15NO4/c15-8-7-10-1-3-11(4-2-10)18-9-12-5-6-13(19-12)14(16)17/h1-6H,7-9,15H2,(H,16,17). The molecule has 0 unspecified atom stereocenters. The summed E-state index contributed by atoms with van der Waals surface area (Å²) in [6.45, 7) is 0.814. The number of ether oxygens (including phenoxy) is 1. The minimum atomic E-state index is -1.09. The van der Waals surface area contributed by atoms with Gasteiger partial charge in [-0.2, -0.15) is 0 Å². The minimum absolute atomic E-state index is 0.0862. The predicted molar refractivity (Wildman–Crippen MR) is 69.2 cm³/mol. The first-order valence-corrected chi connectivity index (χ1v) is 5.93. The van der Waals surface area contributed by atoms with Crippen LogP contribution < -0.4 is 10.5 Å². The largest absolute Gasteiger partial charge is 0.486 e. The number of hydrogen-bond donors (Lipinski definition) is 2. The van der Waals surface area contributed by atoms with E-state index in [0.717, 1.165) is 12.0 Å². The van der Waals surface area contributed by atoms with Crippen molar-refractivity contribution in [1.29, 1.82) is 0 Å². The zero-order valence-electron chi connectivity index (χ0n) is 10.3. The fourth-order valence-corrected chi connectivity index (χ4v) is 1.64. The number of carbonyl (C=O) groups is 1. The van der Waals surface area contributed by atoms with Gasteiger partial charge in [-0.05, 0) is 42.8 Å². The first kappa shape index (κ1) is 13.2. The van der Waals surface area contributed by atoms with Crippen LogP contribution >= 0.6 is 0 Å². The van der Waals surface area contributed by atoms with Crippen molar-refractivity contribution in [3.8, 4) is 5.75 Å². The molecule has 0 spiro atoms. The Morgan fingerprint density at radius 3 is 2.53 bits per heavy atom. The van der Waals surface area contributed by atoms with Crippen LogP contribution in [-0.2, 0) is 13.0 Å². The molecule has 0 radical (unpaired) electrons. The summed E-state index contributed by atoms with van der Waals surface area (Å²) in [5.41, 5.74) is 6.62. The van der Waals surface area contributed by atoms with Crippen LogP contribution in [0.1, 0.15) is 21.9 Å². The number of aromatic carboxylic acids is 1. The summed E-state index contributed by atoms with van der Waals surface area (Å²) in [5.74, 6) is 0.00626. The molecule has 0 amide bonds. The van der Waals surface area contributed by atoms with Crippen LogP contribution in [0.4, 0.5) is 0 Å². The number of carboxylic acids is 1. The van der Waals surface area contributed by atoms with Gasteiger partial charge in [0.05, 0.1) is 0 Å². The average molecular weight is 261 g/mol. The lowest BCUT2D eigenvalue weighted by molar-refractivity contribution is 0.0658. The van der Waals surface area contributed by atoms with Gasteiger partial charge in [-0.1, -0.05) is 12.1 Å². The Bertz CT molecular complexity index is 545. The second-order valence-corrected chi connectivity index (χ2v) is 4.04. The molecule has 1 aromatic heterocycles. The summed E-state index contributed by atoms with van der Waals surface area (Å²) in [5, 5.41) is 8.72. The van der Waals surface area contributed by atoms with Crippen LogP contribution in [0.2, 0.25) is 0 Å². The highest BCUT2D eigenvalue weighted by Gasteiger charge is 2.09. The van der Waals surface area contributed by atoms with E-state index < -0.39 is 5.97 Å². The lowest BCUT2D eigenvalue weighted by Crippen LogP contribution is -2.02. The maximum atomic E-state index is 10.6. The van der Waals surface area contributed by atoms with E-state index in [9.17, 15) is 4.79 Å². The van der Waals surface area contributed by atoms with Crippen molar-refractivity contribution in [2.24, 2.45) is 5.73 Å². The minimum Gasteiger partial charge on any atom is -0.486 e. The first-order valence-electron chi connectivity index (χ1n) is 5.93. The Morgan fingerprint density at radius 1 is 1.21 bits per heavy atom. The third kappa shape index (κ3) is 3.59. The molecule has 0 saturated carbocycles. The van der Waals surface area contributed by atoms with E-state index in [1.807, 2.05) is 24.3 Å². The number of nitrogens with two attached hydrogens (primary N) is 1. The van der Waals surface area contributed by atoms with Crippen LogP contribution in [0.5, 0.6) is 5.75 Å². The number of hydrogen-bond acceptors (Lipinski definition) is 4. The van der Waals surface area contributed by atoms with Crippen molar-refractivity contribution >= 4 is 5.97 Å². The SMILES string of the molecule is NCCc1ccc(OCc2ccc(C(=O)O)o2)cc1. The van der Waals surface area contributed by atoms with Crippen molar-refractivity contribution < 1.29 is 19.1 Å². The van der Waals surface area contributed by atoms with E-state index in [4.69, 9.17) is 20.0 Å². The second-order valence-electron chi connectivity index (χ2n) is 4.04. The Morgan fingerprint density at radius 2 is 1.95 bits per heavy atom. The highest BCUT2D eigenvalue weighted by molar-refractivity contribution is 5.84. The zero-order chi connectivity index (χ0) is 13.7. The molecule has 1 aromatic carbocycles. The monoisotopic (exact) mass is 261 g/mol. The van der Waals surface area contributed by atoms with E-state index >= 15 is 0 Å². The van der Waals surface area contributed by atoms with Gasteiger partial charge in [-0.3, -0.25) is 0 Å². The van der Waals surface area contributed by atoms with E-state index in [1.54, 1.807) is 6.07 Å². The number of furan rings is 1. The fraction of sp³-hybridized carbons (Fsp3) is 0.214. The molecular formula is C14H15NO4. The summed E-state index contributed by atoms with van der Waals surface area (Å²) in [7, 11) is 0. The van der Waals surface area contributed by atoms with Crippen molar-refractivity contribution in [3.05, 3.63) is 53.5 Å². The highest BCUT2D eigenvalue weighted by atomic mass is 16.5. The van der Waals surface area contributed by atoms with Gasteiger partial charge in [-0.25, -0.2) is 4.79 Å². The van der Waals surface area contributed by atoms with E-state index in [1.165, 1.54) is 6.07 Å². The zero-order valence-corrected chi connectivity index (χ0v) is 10.3. The lowest BCUT2D eigenvalue weighted by Gasteiger charge is -2.05. The molecule has 100 valence electrons. The van der Waals surface area contributed by atoms with Crippen molar-refractivity contribution in [2.45, 2.75) is 13.0 Å². The molecule has 0 aliphatic heterocycles. The summed E-state index contributed by atoms with van der Waals surface area (Å²) >= 11 is 0. The molecule has 0 saturated heterocycles. The molecule has 2 rings (SSSR count). The predicted octanol–water partition coefficient (Wildman–Crippen LogP) is 2.06. The summed E-state index contributed by atoms with van der Waals surface area (Å²) in [6, 6.07) is 10.6. The molecule has 0 aliphatic carbocycles. The molecule has 5 heteroatoms. The van der Waals surface area contributed by atoms with Crippen LogP contribution in [0.25, 0.3) is 0 Å². The molecular weight excluding hydrogens is 246 g/mol. The fourth-order valence-electron chi connectivity index (χ4n) is 1.64. The molecule has 3 N–H and O–H groups in total. The Kier molecular flexibility index (Phi) is 4.20.